The third kappa shape index (κ3) is 4.10. The Hall–Kier alpha value is -4.33. The molecule has 0 N–H and O–H groups in total. The molecule has 0 radical (unpaired) electrons. The van der Waals surface area contributed by atoms with Crippen molar-refractivity contribution in [2.75, 3.05) is 11.4 Å². The molecule has 0 saturated carbocycles. The Morgan fingerprint density at radius 3 is 2.64 bits per heavy atom. The molecule has 2 aromatic carbocycles. The number of furan rings is 1. The summed E-state index contributed by atoms with van der Waals surface area (Å²) in [4.78, 5) is 31.7. The summed E-state index contributed by atoms with van der Waals surface area (Å²) in [5.74, 6) is 0.627. The van der Waals surface area contributed by atoms with Crippen LogP contribution in [0.3, 0.4) is 0 Å². The summed E-state index contributed by atoms with van der Waals surface area (Å²) in [6.07, 6.45) is 0.426. The van der Waals surface area contributed by atoms with Crippen LogP contribution in [0.4, 0.5) is 5.69 Å². The van der Waals surface area contributed by atoms with Crippen molar-refractivity contribution < 1.29 is 27.9 Å². The van der Waals surface area contributed by atoms with Crippen molar-refractivity contribution in [3.8, 4) is 17.2 Å². The topological polar surface area (TPSA) is 95.0 Å². The predicted molar refractivity (Wildman–Crippen MR) is 118 cm³/mol. The summed E-state index contributed by atoms with van der Waals surface area (Å²) in [6.45, 7) is 1.68. The molecule has 1 amide bonds. The fourth-order valence-corrected chi connectivity index (χ4v) is 3.58. The Balaban J connectivity index is 1.31. The minimum absolute atomic E-state index is 0.0115. The van der Waals surface area contributed by atoms with Crippen LogP contribution < -0.4 is 9.64 Å². The van der Waals surface area contributed by atoms with E-state index in [1.54, 1.807) is 43.3 Å². The third-order valence-corrected chi connectivity index (χ3v) is 5.28. The van der Waals surface area contributed by atoms with Crippen LogP contribution in [0.1, 0.15) is 22.0 Å². The van der Waals surface area contributed by atoms with Gasteiger partial charge in [-0.1, -0.05) is 30.3 Å². The minimum Gasteiger partial charge on any atom is -0.475 e. The highest BCUT2D eigenvalue weighted by Gasteiger charge is 2.36. The van der Waals surface area contributed by atoms with Gasteiger partial charge in [0.2, 0.25) is 12.0 Å². The van der Waals surface area contributed by atoms with E-state index in [4.69, 9.17) is 18.3 Å². The van der Waals surface area contributed by atoms with E-state index in [0.717, 1.165) is 5.56 Å². The van der Waals surface area contributed by atoms with Gasteiger partial charge in [0.25, 0.3) is 5.91 Å². The van der Waals surface area contributed by atoms with Gasteiger partial charge in [0, 0.05) is 5.56 Å². The van der Waals surface area contributed by atoms with E-state index in [2.05, 4.69) is 4.98 Å². The zero-order valence-corrected chi connectivity index (χ0v) is 17.8. The second kappa shape index (κ2) is 8.66. The monoisotopic (exact) mass is 444 g/mol. The van der Waals surface area contributed by atoms with Gasteiger partial charge in [0.15, 0.2) is 5.76 Å². The van der Waals surface area contributed by atoms with Crippen LogP contribution >= 0.6 is 0 Å². The maximum absolute atomic E-state index is 13.0. The molecule has 0 bridgehead atoms. The summed E-state index contributed by atoms with van der Waals surface area (Å²) >= 11 is 0. The quantitative estimate of drug-likeness (QED) is 0.421. The van der Waals surface area contributed by atoms with E-state index < -0.39 is 12.1 Å². The lowest BCUT2D eigenvalue weighted by molar-refractivity contribution is -0.153. The van der Waals surface area contributed by atoms with Crippen molar-refractivity contribution >= 4 is 17.6 Å². The lowest BCUT2D eigenvalue weighted by atomic mass is 10.1. The summed E-state index contributed by atoms with van der Waals surface area (Å²) in [5, 5.41) is 0. The molecule has 166 valence electrons. The fraction of sp³-hybridized carbons (Fsp3) is 0.160. The van der Waals surface area contributed by atoms with Crippen molar-refractivity contribution in [3.63, 3.8) is 0 Å². The summed E-state index contributed by atoms with van der Waals surface area (Å²) in [7, 11) is 0. The van der Waals surface area contributed by atoms with Gasteiger partial charge in [0.1, 0.15) is 23.8 Å². The molecular weight excluding hydrogens is 424 g/mol. The van der Waals surface area contributed by atoms with Crippen LogP contribution in [-0.2, 0) is 16.1 Å². The number of para-hydroxylation sites is 2. The van der Waals surface area contributed by atoms with Gasteiger partial charge in [-0.3, -0.25) is 9.69 Å². The number of aryl methyl sites for hydroxylation is 1. The molecule has 0 saturated heterocycles. The van der Waals surface area contributed by atoms with Crippen LogP contribution in [0.2, 0.25) is 0 Å². The highest BCUT2D eigenvalue weighted by Crippen LogP contribution is 2.34. The number of ether oxygens (including phenoxy) is 2. The highest BCUT2D eigenvalue weighted by molar-refractivity contribution is 6.06. The molecule has 8 nitrogen and oxygen atoms in total. The third-order valence-electron chi connectivity index (χ3n) is 5.28. The van der Waals surface area contributed by atoms with Gasteiger partial charge in [0.05, 0.1) is 18.5 Å². The Morgan fingerprint density at radius 1 is 1.06 bits per heavy atom. The number of esters is 1. The molecule has 0 spiro atoms. The standard InChI is InChI=1S/C25H20N2O6/c1-16-18(26-23(32-16)17-8-3-2-4-9-17)15-31-25(29)22-14-27(24(28)21-12-7-13-30-21)19-10-5-6-11-20(19)33-22/h2-13,22H,14-15H2,1H3/t22-/m1/s1. The Kier molecular flexibility index (Phi) is 5.40. The Bertz CT molecular complexity index is 1280. The van der Waals surface area contributed by atoms with Crippen LogP contribution in [0.25, 0.3) is 11.5 Å². The normalized spacial score (nSPS) is 14.9. The van der Waals surface area contributed by atoms with Crippen molar-refractivity contribution in [2.24, 2.45) is 0 Å². The van der Waals surface area contributed by atoms with E-state index in [0.29, 0.717) is 28.8 Å². The molecule has 1 atom stereocenters. The van der Waals surface area contributed by atoms with E-state index in [1.807, 2.05) is 30.3 Å². The molecule has 1 aliphatic rings. The van der Waals surface area contributed by atoms with Gasteiger partial charge in [-0.2, -0.15) is 0 Å². The lowest BCUT2D eigenvalue weighted by Gasteiger charge is -2.33. The van der Waals surface area contributed by atoms with E-state index in [1.165, 1.54) is 11.2 Å². The number of benzene rings is 2. The summed E-state index contributed by atoms with van der Waals surface area (Å²) in [6, 6.07) is 19.7. The Morgan fingerprint density at radius 2 is 1.85 bits per heavy atom. The summed E-state index contributed by atoms with van der Waals surface area (Å²) < 4.78 is 22.3. The molecule has 4 aromatic rings. The summed E-state index contributed by atoms with van der Waals surface area (Å²) in [5.41, 5.74) is 1.90. The van der Waals surface area contributed by atoms with Gasteiger partial charge in [-0.05, 0) is 43.3 Å². The average Bonchev–Trinajstić information content (AvgIpc) is 3.52. The van der Waals surface area contributed by atoms with Gasteiger partial charge in [-0.15, -0.1) is 0 Å². The zero-order valence-electron chi connectivity index (χ0n) is 17.8. The molecular formula is C25H20N2O6. The Labute approximate surface area is 189 Å². The molecule has 2 aromatic heterocycles. The van der Waals surface area contributed by atoms with Gasteiger partial charge < -0.3 is 18.3 Å². The minimum atomic E-state index is -1.00. The number of oxazole rings is 1. The smallest absolute Gasteiger partial charge is 0.349 e. The number of hydrogen-bond acceptors (Lipinski definition) is 7. The first-order valence-electron chi connectivity index (χ1n) is 10.4. The SMILES string of the molecule is Cc1oc(-c2ccccc2)nc1COC(=O)[C@H]1CN(C(=O)c2ccco2)c2ccccc2O1. The molecule has 33 heavy (non-hydrogen) atoms. The molecule has 0 fully saturated rings. The molecule has 5 rings (SSSR count). The van der Waals surface area contributed by atoms with Crippen LogP contribution in [-0.4, -0.2) is 29.5 Å². The first-order chi connectivity index (χ1) is 16.1. The lowest BCUT2D eigenvalue weighted by Crippen LogP contribution is -2.47. The molecule has 1 aliphatic heterocycles. The number of aromatic nitrogens is 1. The first-order valence-corrected chi connectivity index (χ1v) is 10.4. The van der Waals surface area contributed by atoms with Crippen molar-refractivity contribution in [1.82, 2.24) is 4.98 Å². The average molecular weight is 444 g/mol. The van der Waals surface area contributed by atoms with Gasteiger partial charge >= 0.3 is 5.97 Å². The van der Waals surface area contributed by atoms with Crippen LogP contribution in [0, 0.1) is 6.92 Å². The van der Waals surface area contributed by atoms with Crippen LogP contribution in [0.15, 0.2) is 81.8 Å². The fourth-order valence-electron chi connectivity index (χ4n) is 3.58. The maximum Gasteiger partial charge on any atom is 0.349 e. The number of hydrogen-bond donors (Lipinski definition) is 0. The number of amides is 1. The molecule has 0 aliphatic carbocycles. The first kappa shape index (κ1) is 20.6. The van der Waals surface area contributed by atoms with E-state index in [-0.39, 0.29) is 24.8 Å². The second-order valence-electron chi connectivity index (χ2n) is 7.46. The maximum atomic E-state index is 13.0. The number of rotatable bonds is 5. The largest absolute Gasteiger partial charge is 0.475 e. The van der Waals surface area contributed by atoms with Gasteiger partial charge in [-0.25, -0.2) is 9.78 Å². The molecule has 0 unspecified atom stereocenters. The highest BCUT2D eigenvalue weighted by atomic mass is 16.6. The van der Waals surface area contributed by atoms with Crippen molar-refractivity contribution in [2.45, 2.75) is 19.6 Å². The number of fused-ring (bicyclic) bond motifs is 1. The van der Waals surface area contributed by atoms with E-state index in [9.17, 15) is 9.59 Å². The zero-order chi connectivity index (χ0) is 22.8. The molecule has 8 heteroatoms. The van der Waals surface area contributed by atoms with E-state index >= 15 is 0 Å². The number of carbonyl (C=O) groups excluding carboxylic acids is 2. The predicted octanol–water partition coefficient (Wildman–Crippen LogP) is 4.39. The second-order valence-corrected chi connectivity index (χ2v) is 7.46. The number of anilines is 1. The van der Waals surface area contributed by atoms with Crippen molar-refractivity contribution in [3.05, 3.63) is 90.2 Å². The van der Waals surface area contributed by atoms with Crippen LogP contribution in [0.5, 0.6) is 5.75 Å². The molecule has 3 heterocycles. The number of carbonyl (C=O) groups is 2. The van der Waals surface area contributed by atoms with Crippen molar-refractivity contribution in [1.29, 1.82) is 0 Å². The number of nitrogens with zero attached hydrogens (tertiary/aromatic N) is 2.